The molecule has 0 aliphatic heterocycles. The van der Waals surface area contributed by atoms with Gasteiger partial charge in [0.2, 0.25) is 0 Å². The van der Waals surface area contributed by atoms with Crippen LogP contribution in [0.5, 0.6) is 0 Å². The molecule has 2 rings (SSSR count). The second kappa shape index (κ2) is 5.18. The predicted molar refractivity (Wildman–Crippen MR) is 64.8 cm³/mol. The number of furan rings is 1. The van der Waals surface area contributed by atoms with Crippen LogP contribution in [0, 0.1) is 6.92 Å². The normalized spacial score (nSPS) is 9.83. The number of carbonyl (C=O) groups excluding carboxylic acids is 2. The van der Waals surface area contributed by atoms with Crippen LogP contribution in [0.3, 0.4) is 0 Å². The number of amides is 2. The number of benzene rings is 1. The van der Waals surface area contributed by atoms with E-state index in [0.717, 1.165) is 5.56 Å². The van der Waals surface area contributed by atoms with Crippen molar-refractivity contribution in [2.45, 2.75) is 6.92 Å². The van der Waals surface area contributed by atoms with Crippen LogP contribution in [-0.2, 0) is 0 Å². The van der Waals surface area contributed by atoms with Crippen molar-refractivity contribution in [2.75, 3.05) is 0 Å². The summed E-state index contributed by atoms with van der Waals surface area (Å²) in [6.07, 6.45) is 1.39. The smallest absolute Gasteiger partial charge is 0.305 e. The maximum Gasteiger partial charge on any atom is 0.305 e. The molecule has 0 spiro atoms. The van der Waals surface area contributed by atoms with Crippen molar-refractivity contribution in [3.05, 3.63) is 59.5 Å². The zero-order valence-corrected chi connectivity index (χ0v) is 9.77. The molecule has 5 heteroatoms. The summed E-state index contributed by atoms with van der Waals surface area (Å²) in [5.41, 5.74) is 5.95. The van der Waals surface area contributed by atoms with Gasteiger partial charge in [-0.25, -0.2) is 0 Å². The lowest BCUT2D eigenvalue weighted by molar-refractivity contribution is 0.0830. The molecule has 0 aliphatic rings. The van der Waals surface area contributed by atoms with Crippen molar-refractivity contribution < 1.29 is 14.0 Å². The van der Waals surface area contributed by atoms with Crippen LogP contribution < -0.4 is 10.9 Å². The molecule has 0 aliphatic carbocycles. The summed E-state index contributed by atoms with van der Waals surface area (Å²) < 4.78 is 4.89. The first-order valence-corrected chi connectivity index (χ1v) is 5.38. The Hall–Kier alpha value is -2.56. The first-order chi connectivity index (χ1) is 8.68. The van der Waals surface area contributed by atoms with E-state index >= 15 is 0 Å². The summed E-state index contributed by atoms with van der Waals surface area (Å²) in [6.45, 7) is 1.82. The Morgan fingerprint density at radius 3 is 2.39 bits per heavy atom. The van der Waals surface area contributed by atoms with E-state index in [1.54, 1.807) is 18.2 Å². The number of hydrogen-bond acceptors (Lipinski definition) is 3. The van der Waals surface area contributed by atoms with E-state index in [1.807, 2.05) is 19.1 Å². The van der Waals surface area contributed by atoms with Gasteiger partial charge in [0.25, 0.3) is 5.91 Å². The monoisotopic (exact) mass is 244 g/mol. The molecule has 1 heterocycles. The minimum absolute atomic E-state index is 0.139. The first-order valence-electron chi connectivity index (χ1n) is 5.38. The van der Waals surface area contributed by atoms with Crippen molar-refractivity contribution in [1.82, 2.24) is 10.9 Å². The minimum atomic E-state index is -0.498. The van der Waals surface area contributed by atoms with Gasteiger partial charge in [0.1, 0.15) is 0 Å². The molecule has 92 valence electrons. The van der Waals surface area contributed by atoms with Crippen LogP contribution in [0.15, 0.2) is 47.1 Å². The van der Waals surface area contributed by atoms with Gasteiger partial charge in [0, 0.05) is 5.56 Å². The van der Waals surface area contributed by atoms with Crippen LogP contribution in [0.1, 0.15) is 26.5 Å². The molecule has 0 radical (unpaired) electrons. The summed E-state index contributed by atoms with van der Waals surface area (Å²) >= 11 is 0. The van der Waals surface area contributed by atoms with Gasteiger partial charge >= 0.3 is 5.91 Å². The summed E-state index contributed by atoms with van der Waals surface area (Å²) in [5, 5.41) is 0. The molecule has 0 saturated heterocycles. The highest BCUT2D eigenvalue weighted by Crippen LogP contribution is 2.06. The number of hydrogen-bond donors (Lipinski definition) is 2. The van der Waals surface area contributed by atoms with Crippen LogP contribution in [0.25, 0.3) is 0 Å². The van der Waals surface area contributed by atoms with E-state index in [1.165, 1.54) is 12.3 Å². The third-order valence-electron chi connectivity index (χ3n) is 2.42. The van der Waals surface area contributed by atoms with Crippen molar-refractivity contribution >= 4 is 11.8 Å². The first kappa shape index (κ1) is 11.9. The van der Waals surface area contributed by atoms with E-state index in [2.05, 4.69) is 10.9 Å². The molecule has 2 N–H and O–H groups in total. The minimum Gasteiger partial charge on any atom is -0.459 e. The van der Waals surface area contributed by atoms with Gasteiger partial charge < -0.3 is 4.42 Å². The molecule has 2 aromatic rings. The number of aryl methyl sites for hydroxylation is 1. The molecule has 0 bridgehead atoms. The average molecular weight is 244 g/mol. The Morgan fingerprint density at radius 2 is 1.72 bits per heavy atom. The Kier molecular flexibility index (Phi) is 3.43. The average Bonchev–Trinajstić information content (AvgIpc) is 2.90. The Bertz CT molecular complexity index is 561. The lowest BCUT2D eigenvalue weighted by atomic mass is 10.1. The standard InChI is InChI=1S/C13H12N2O3/c1-9-5-2-3-6-10(9)12(16)14-15-13(17)11-7-4-8-18-11/h2-8H,1H3,(H,14,16)(H,15,17). The number of nitrogens with one attached hydrogen (secondary N) is 2. The Labute approximate surface area is 104 Å². The van der Waals surface area contributed by atoms with Crippen LogP contribution >= 0.6 is 0 Å². The van der Waals surface area contributed by atoms with Crippen molar-refractivity contribution in [1.29, 1.82) is 0 Å². The van der Waals surface area contributed by atoms with E-state index < -0.39 is 5.91 Å². The van der Waals surface area contributed by atoms with Gasteiger partial charge in [-0.15, -0.1) is 0 Å². The van der Waals surface area contributed by atoms with Gasteiger partial charge in [0.15, 0.2) is 5.76 Å². The molecule has 5 nitrogen and oxygen atoms in total. The fourth-order valence-corrected chi connectivity index (χ4v) is 1.48. The Morgan fingerprint density at radius 1 is 1.00 bits per heavy atom. The molecule has 0 atom stereocenters. The van der Waals surface area contributed by atoms with Crippen LogP contribution in [0.4, 0.5) is 0 Å². The molecule has 0 unspecified atom stereocenters. The summed E-state index contributed by atoms with van der Waals surface area (Å²) in [5.74, 6) is -0.727. The summed E-state index contributed by atoms with van der Waals surface area (Å²) in [6, 6.07) is 10.2. The van der Waals surface area contributed by atoms with E-state index in [9.17, 15) is 9.59 Å². The lowest BCUT2D eigenvalue weighted by Gasteiger charge is -2.07. The van der Waals surface area contributed by atoms with Crippen LogP contribution in [0.2, 0.25) is 0 Å². The maximum absolute atomic E-state index is 11.8. The van der Waals surface area contributed by atoms with Crippen molar-refractivity contribution in [3.8, 4) is 0 Å². The molecular formula is C13H12N2O3. The SMILES string of the molecule is Cc1ccccc1C(=O)NNC(=O)c1ccco1. The second-order valence-corrected chi connectivity index (χ2v) is 3.70. The lowest BCUT2D eigenvalue weighted by Crippen LogP contribution is -2.41. The quantitative estimate of drug-likeness (QED) is 0.789. The highest BCUT2D eigenvalue weighted by atomic mass is 16.3. The van der Waals surface area contributed by atoms with E-state index in [0.29, 0.717) is 5.56 Å². The third-order valence-corrected chi connectivity index (χ3v) is 2.42. The molecule has 1 aromatic heterocycles. The number of rotatable bonds is 2. The molecule has 0 saturated carbocycles. The molecule has 1 aromatic carbocycles. The van der Waals surface area contributed by atoms with Gasteiger partial charge in [-0.2, -0.15) is 0 Å². The number of carbonyl (C=O) groups is 2. The summed E-state index contributed by atoms with van der Waals surface area (Å²) in [7, 11) is 0. The zero-order chi connectivity index (χ0) is 13.0. The molecule has 18 heavy (non-hydrogen) atoms. The Balaban J connectivity index is 1.97. The van der Waals surface area contributed by atoms with Crippen LogP contribution in [-0.4, -0.2) is 11.8 Å². The van der Waals surface area contributed by atoms with Gasteiger partial charge in [0.05, 0.1) is 6.26 Å². The largest absolute Gasteiger partial charge is 0.459 e. The second-order valence-electron chi connectivity index (χ2n) is 3.70. The topological polar surface area (TPSA) is 71.3 Å². The van der Waals surface area contributed by atoms with E-state index in [4.69, 9.17) is 4.42 Å². The van der Waals surface area contributed by atoms with Gasteiger partial charge in [-0.05, 0) is 30.7 Å². The highest BCUT2D eigenvalue weighted by molar-refractivity contribution is 5.98. The molecule has 0 fully saturated rings. The number of hydrazine groups is 1. The fourth-order valence-electron chi connectivity index (χ4n) is 1.48. The zero-order valence-electron chi connectivity index (χ0n) is 9.77. The maximum atomic E-state index is 11.8. The highest BCUT2D eigenvalue weighted by Gasteiger charge is 2.11. The van der Waals surface area contributed by atoms with Crippen molar-refractivity contribution in [2.24, 2.45) is 0 Å². The predicted octanol–water partition coefficient (Wildman–Crippen LogP) is 1.66. The van der Waals surface area contributed by atoms with E-state index in [-0.39, 0.29) is 11.7 Å². The fraction of sp³-hybridized carbons (Fsp3) is 0.0769. The van der Waals surface area contributed by atoms with Crippen molar-refractivity contribution in [3.63, 3.8) is 0 Å². The van der Waals surface area contributed by atoms with Gasteiger partial charge in [-0.1, -0.05) is 18.2 Å². The van der Waals surface area contributed by atoms with Gasteiger partial charge in [-0.3, -0.25) is 20.4 Å². The third kappa shape index (κ3) is 2.57. The molecule has 2 amide bonds. The molecular weight excluding hydrogens is 232 g/mol. The summed E-state index contributed by atoms with van der Waals surface area (Å²) in [4.78, 5) is 23.3.